The van der Waals surface area contributed by atoms with Gasteiger partial charge in [0.15, 0.2) is 0 Å². The number of methoxy groups -OCH3 is 2. The minimum Gasteiger partial charge on any atom is -0.488 e. The Bertz CT molecular complexity index is 2110. The molecule has 4 aliphatic heterocycles. The normalized spacial score (nSPS) is 21.2. The molecule has 2 aromatic carbocycles. The van der Waals surface area contributed by atoms with Gasteiger partial charge in [-0.1, -0.05) is 41.5 Å². The van der Waals surface area contributed by atoms with Gasteiger partial charge in [0.1, 0.15) is 48.4 Å². The monoisotopic (exact) mass is 822 g/mol. The zero-order valence-electron chi connectivity index (χ0n) is 35.4. The number of nitrogens with one attached hydrogen (secondary N) is 4. The van der Waals surface area contributed by atoms with Gasteiger partial charge in [-0.15, -0.1) is 0 Å². The first-order valence-electron chi connectivity index (χ1n) is 20.7. The van der Waals surface area contributed by atoms with Crippen LogP contribution in [0.25, 0.3) is 33.6 Å². The molecule has 2 aromatic heterocycles. The van der Waals surface area contributed by atoms with E-state index in [0.29, 0.717) is 38.0 Å². The van der Waals surface area contributed by atoms with E-state index in [1.165, 1.54) is 14.2 Å². The zero-order chi connectivity index (χ0) is 42.6. The smallest absolute Gasteiger partial charge is 0.407 e. The molecule has 6 heterocycles. The molecule has 16 heteroatoms. The predicted octanol–water partition coefficient (Wildman–Crippen LogP) is 6.50. The lowest BCUT2D eigenvalue weighted by Gasteiger charge is -2.30. The van der Waals surface area contributed by atoms with E-state index in [1.807, 2.05) is 49.6 Å². The first kappa shape index (κ1) is 40.7. The fraction of sp³-hybridized carbons (Fsp3) is 0.500. The predicted molar refractivity (Wildman–Crippen MR) is 221 cm³/mol. The molecular formula is C44H54N8O8. The van der Waals surface area contributed by atoms with E-state index in [1.54, 1.807) is 12.4 Å². The van der Waals surface area contributed by atoms with Crippen molar-refractivity contribution in [3.8, 4) is 45.1 Å². The maximum atomic E-state index is 13.8. The number of carbonyl (C=O) groups is 4. The number of alkyl carbamates (subject to hydrolysis) is 2. The number of hydrogen-bond acceptors (Lipinski definition) is 10. The quantitative estimate of drug-likeness (QED) is 0.137. The summed E-state index contributed by atoms with van der Waals surface area (Å²) in [5.74, 6) is 2.80. The molecule has 4 N–H and O–H groups in total. The number of carbonyl (C=O) groups excluding carboxylic acids is 4. The third-order valence-electron chi connectivity index (χ3n) is 12.2. The van der Waals surface area contributed by atoms with E-state index in [2.05, 4.69) is 46.6 Å². The highest BCUT2D eigenvalue weighted by molar-refractivity contribution is 5.89. The molecule has 0 spiro atoms. The SMILES string of the molecule is COC(=O)N[C@H](C(=O)N1C[C@@H](C)C[C@H]1c1ncc(-c2cc3c4c(c2)OCc2cc(-c5cnc([C@@H]6C[C@H](C)CN6C(=O)[C@@H](NC(=O)OC)C(C)C)[nH]5)cc(c2-4)OC3)[nH]1)C(C)C. The number of H-pyrrole nitrogens is 2. The Hall–Kier alpha value is -6.06. The van der Waals surface area contributed by atoms with Gasteiger partial charge < -0.3 is 49.3 Å². The number of aromatic nitrogens is 4. The topological polar surface area (TPSA) is 193 Å². The van der Waals surface area contributed by atoms with Crippen molar-refractivity contribution in [1.82, 2.24) is 40.4 Å². The molecule has 0 saturated carbocycles. The Balaban J connectivity index is 1.03. The molecule has 16 nitrogen and oxygen atoms in total. The van der Waals surface area contributed by atoms with Crippen molar-refractivity contribution in [3.63, 3.8) is 0 Å². The fourth-order valence-corrected chi connectivity index (χ4v) is 9.15. The van der Waals surface area contributed by atoms with Crippen LogP contribution in [0.4, 0.5) is 9.59 Å². The molecule has 4 aromatic rings. The average Bonchev–Trinajstić information content (AvgIpc) is 4.06. The van der Waals surface area contributed by atoms with Gasteiger partial charge in [-0.3, -0.25) is 9.59 Å². The Morgan fingerprint density at radius 3 is 1.45 bits per heavy atom. The molecule has 0 bridgehead atoms. The van der Waals surface area contributed by atoms with Gasteiger partial charge in [-0.2, -0.15) is 0 Å². The second-order valence-corrected chi connectivity index (χ2v) is 17.4. The number of nitrogens with zero attached hydrogens (tertiary/aromatic N) is 4. The van der Waals surface area contributed by atoms with Crippen LogP contribution in [0.3, 0.4) is 0 Å². The molecule has 60 heavy (non-hydrogen) atoms. The van der Waals surface area contributed by atoms with Crippen LogP contribution >= 0.6 is 0 Å². The van der Waals surface area contributed by atoms with Crippen molar-refractivity contribution >= 4 is 24.0 Å². The summed E-state index contributed by atoms with van der Waals surface area (Å²) in [5, 5.41) is 5.43. The minimum atomic E-state index is -0.725. The second-order valence-electron chi connectivity index (χ2n) is 17.4. The number of imidazole rings is 2. The van der Waals surface area contributed by atoms with E-state index in [-0.39, 0.29) is 47.6 Å². The van der Waals surface area contributed by atoms with Crippen molar-refractivity contribution in [3.05, 3.63) is 59.4 Å². The van der Waals surface area contributed by atoms with E-state index >= 15 is 0 Å². The Morgan fingerprint density at radius 2 is 1.08 bits per heavy atom. The molecular weight excluding hydrogens is 769 g/mol. The van der Waals surface area contributed by atoms with Crippen molar-refractivity contribution in [2.24, 2.45) is 23.7 Å². The summed E-state index contributed by atoms with van der Waals surface area (Å²) in [5.41, 5.74) is 7.38. The van der Waals surface area contributed by atoms with E-state index < -0.39 is 24.3 Å². The fourth-order valence-electron chi connectivity index (χ4n) is 9.15. The molecule has 0 unspecified atom stereocenters. The van der Waals surface area contributed by atoms with Gasteiger partial charge in [0.2, 0.25) is 11.8 Å². The summed E-state index contributed by atoms with van der Waals surface area (Å²) in [6.45, 7) is 13.6. The zero-order valence-corrected chi connectivity index (χ0v) is 35.4. The number of hydrogen-bond donors (Lipinski definition) is 4. The number of rotatable bonds is 10. The summed E-state index contributed by atoms with van der Waals surface area (Å²) in [7, 11) is 2.58. The van der Waals surface area contributed by atoms with Gasteiger partial charge in [0, 0.05) is 46.5 Å². The molecule has 6 atom stereocenters. The van der Waals surface area contributed by atoms with Gasteiger partial charge >= 0.3 is 12.2 Å². The van der Waals surface area contributed by atoms with Crippen LogP contribution in [-0.2, 0) is 32.3 Å². The Kier molecular flexibility index (Phi) is 11.0. The van der Waals surface area contributed by atoms with E-state index in [0.717, 1.165) is 69.1 Å². The molecule has 4 amide bonds. The van der Waals surface area contributed by atoms with E-state index in [4.69, 9.17) is 28.9 Å². The van der Waals surface area contributed by atoms with Crippen LogP contribution in [0, 0.1) is 23.7 Å². The summed E-state index contributed by atoms with van der Waals surface area (Å²) in [6.07, 6.45) is 3.79. The molecule has 318 valence electrons. The summed E-state index contributed by atoms with van der Waals surface area (Å²) >= 11 is 0. The van der Waals surface area contributed by atoms with Gasteiger partial charge in [-0.05, 0) is 60.8 Å². The van der Waals surface area contributed by atoms with Crippen LogP contribution in [0.1, 0.15) is 89.2 Å². The van der Waals surface area contributed by atoms with Crippen molar-refractivity contribution in [1.29, 1.82) is 0 Å². The number of aromatic amines is 2. The molecule has 0 aliphatic carbocycles. The van der Waals surface area contributed by atoms with Crippen LogP contribution < -0.4 is 20.1 Å². The van der Waals surface area contributed by atoms with E-state index in [9.17, 15) is 19.2 Å². The molecule has 0 radical (unpaired) electrons. The third kappa shape index (κ3) is 7.51. The maximum absolute atomic E-state index is 13.8. The maximum Gasteiger partial charge on any atom is 0.407 e. The van der Waals surface area contributed by atoms with Crippen molar-refractivity contribution in [2.75, 3.05) is 27.3 Å². The summed E-state index contributed by atoms with van der Waals surface area (Å²) in [4.78, 5) is 72.0. The third-order valence-corrected chi connectivity index (χ3v) is 12.2. The average molecular weight is 823 g/mol. The van der Waals surface area contributed by atoms with Gasteiger partial charge in [0.05, 0.1) is 50.1 Å². The number of benzene rings is 2. The lowest BCUT2D eigenvalue weighted by atomic mass is 9.87. The lowest BCUT2D eigenvalue weighted by molar-refractivity contribution is -0.136. The van der Waals surface area contributed by atoms with Crippen molar-refractivity contribution in [2.45, 2.75) is 91.8 Å². The van der Waals surface area contributed by atoms with Crippen molar-refractivity contribution < 1.29 is 38.1 Å². The van der Waals surface area contributed by atoms with Crippen LogP contribution in [0.15, 0.2) is 36.7 Å². The number of amides is 4. The van der Waals surface area contributed by atoms with Crippen LogP contribution in [-0.4, -0.2) is 93.1 Å². The molecule has 8 rings (SSSR count). The first-order chi connectivity index (χ1) is 28.7. The van der Waals surface area contributed by atoms with Crippen LogP contribution in [0.5, 0.6) is 11.5 Å². The van der Waals surface area contributed by atoms with Crippen LogP contribution in [0.2, 0.25) is 0 Å². The highest BCUT2D eigenvalue weighted by Crippen LogP contribution is 2.51. The Labute approximate surface area is 349 Å². The highest BCUT2D eigenvalue weighted by Gasteiger charge is 2.42. The lowest BCUT2D eigenvalue weighted by Crippen LogP contribution is -2.51. The minimum absolute atomic E-state index is 0.135. The standard InChI is InChI=1S/C44H54N8O8/c1-21(2)37(49-43(55)57-7)41(53)51-17-23(5)9-31(51)39-45-15-29(47-39)25-11-27-19-60-34-14-26(12-28-20-59-33(13-25)35(27)36(28)34)30-16-46-40(48-30)32-10-24(6)18-52(32)42(54)38(22(3)4)50-44(56)58-8/h11-16,21-24,31-32,37-38H,9-10,17-20H2,1-8H3,(H,45,47)(H,46,48)(H,49,55)(H,50,56)/t23-,24-,31-,32-,37-,38-/m0/s1. The first-order valence-corrected chi connectivity index (χ1v) is 20.7. The number of likely N-dealkylation sites (tertiary alicyclic amines) is 2. The number of ether oxygens (including phenoxy) is 4. The molecule has 4 aliphatic rings. The Morgan fingerprint density at radius 1 is 0.683 bits per heavy atom. The molecule has 2 saturated heterocycles. The largest absolute Gasteiger partial charge is 0.488 e. The second kappa shape index (κ2) is 16.2. The van der Waals surface area contributed by atoms with Gasteiger partial charge in [0.25, 0.3) is 0 Å². The molecule has 2 fully saturated rings. The summed E-state index contributed by atoms with van der Waals surface area (Å²) in [6, 6.07) is 6.25. The van der Waals surface area contributed by atoms with Gasteiger partial charge in [-0.25, -0.2) is 19.6 Å². The highest BCUT2D eigenvalue weighted by atomic mass is 16.5. The summed E-state index contributed by atoms with van der Waals surface area (Å²) < 4.78 is 22.5.